The summed E-state index contributed by atoms with van der Waals surface area (Å²) in [6, 6.07) is 7.76. The monoisotopic (exact) mass is 300 g/mol. The van der Waals surface area contributed by atoms with Gasteiger partial charge in [0.05, 0.1) is 12.5 Å². The molecule has 5 heteroatoms. The first-order valence-corrected chi connectivity index (χ1v) is 6.75. The van der Waals surface area contributed by atoms with Gasteiger partial charge in [-0.15, -0.1) is 12.4 Å². The number of carbonyl (C=O) groups is 1. The minimum Gasteiger partial charge on any atom is -0.491 e. The Labute approximate surface area is 127 Å². The first-order chi connectivity index (χ1) is 8.97. The molecule has 1 aromatic carbocycles. The fourth-order valence-electron chi connectivity index (χ4n) is 1.69. The zero-order chi connectivity index (χ0) is 14.3. The minimum absolute atomic E-state index is 0. The molecule has 0 spiro atoms. The number of hydrogen-bond acceptors (Lipinski definition) is 3. The molecule has 0 aliphatic heterocycles. The molecular formula is C15H25ClN2O2. The number of carbonyl (C=O) groups excluding carboxylic acids is 1. The molecule has 0 aromatic heterocycles. The van der Waals surface area contributed by atoms with Crippen LogP contribution in [0.15, 0.2) is 24.3 Å². The standard InChI is InChI=1S/C15H24N2O2.ClH/c1-11(2)19-14-6-4-5-13(9-14)10-15(18)17-8-7-12(3)16;/h4-6,9,11-12H,7-8,10,16H2,1-3H3,(H,17,18);1H. The maximum atomic E-state index is 11.7. The van der Waals surface area contributed by atoms with Crippen molar-refractivity contribution >= 4 is 18.3 Å². The highest BCUT2D eigenvalue weighted by Gasteiger charge is 2.05. The number of benzene rings is 1. The summed E-state index contributed by atoms with van der Waals surface area (Å²) < 4.78 is 5.60. The molecule has 114 valence electrons. The SMILES string of the molecule is CC(N)CCNC(=O)Cc1cccc(OC(C)C)c1.Cl. The predicted octanol–water partition coefficient (Wildman–Crippen LogP) is 2.29. The molecule has 1 unspecified atom stereocenters. The van der Waals surface area contributed by atoms with E-state index in [0.29, 0.717) is 13.0 Å². The zero-order valence-electron chi connectivity index (χ0n) is 12.4. The second kappa shape index (κ2) is 9.61. The molecule has 0 aliphatic carbocycles. The average molecular weight is 301 g/mol. The maximum Gasteiger partial charge on any atom is 0.224 e. The highest BCUT2D eigenvalue weighted by Crippen LogP contribution is 2.15. The zero-order valence-corrected chi connectivity index (χ0v) is 13.2. The lowest BCUT2D eigenvalue weighted by molar-refractivity contribution is -0.120. The molecule has 1 amide bonds. The first-order valence-electron chi connectivity index (χ1n) is 6.75. The van der Waals surface area contributed by atoms with Crippen molar-refractivity contribution in [1.82, 2.24) is 5.32 Å². The third-order valence-electron chi connectivity index (χ3n) is 2.56. The van der Waals surface area contributed by atoms with E-state index in [1.807, 2.05) is 45.0 Å². The number of nitrogens with two attached hydrogens (primary N) is 1. The van der Waals surface area contributed by atoms with Crippen LogP contribution in [0.25, 0.3) is 0 Å². The summed E-state index contributed by atoms with van der Waals surface area (Å²) in [5.74, 6) is 0.818. The van der Waals surface area contributed by atoms with Gasteiger partial charge in [0.1, 0.15) is 5.75 Å². The number of ether oxygens (including phenoxy) is 1. The second-order valence-electron chi connectivity index (χ2n) is 5.11. The van der Waals surface area contributed by atoms with Gasteiger partial charge in [0, 0.05) is 12.6 Å². The average Bonchev–Trinajstić information content (AvgIpc) is 2.27. The van der Waals surface area contributed by atoms with E-state index >= 15 is 0 Å². The van der Waals surface area contributed by atoms with Crippen molar-refractivity contribution in [2.75, 3.05) is 6.54 Å². The Bertz CT molecular complexity index is 409. The van der Waals surface area contributed by atoms with Crippen LogP contribution in [-0.2, 0) is 11.2 Å². The predicted molar refractivity (Wildman–Crippen MR) is 84.4 cm³/mol. The third kappa shape index (κ3) is 8.02. The fraction of sp³-hybridized carbons (Fsp3) is 0.533. The Morgan fingerprint density at radius 3 is 2.65 bits per heavy atom. The fourth-order valence-corrected chi connectivity index (χ4v) is 1.69. The van der Waals surface area contributed by atoms with E-state index < -0.39 is 0 Å². The summed E-state index contributed by atoms with van der Waals surface area (Å²) in [5, 5.41) is 2.86. The molecule has 0 aliphatic rings. The van der Waals surface area contributed by atoms with Crippen molar-refractivity contribution in [3.8, 4) is 5.75 Å². The van der Waals surface area contributed by atoms with Crippen LogP contribution >= 0.6 is 12.4 Å². The van der Waals surface area contributed by atoms with E-state index in [9.17, 15) is 4.79 Å². The lowest BCUT2D eigenvalue weighted by atomic mass is 10.1. The minimum atomic E-state index is 0. The van der Waals surface area contributed by atoms with Crippen molar-refractivity contribution in [3.05, 3.63) is 29.8 Å². The maximum absolute atomic E-state index is 11.7. The molecule has 20 heavy (non-hydrogen) atoms. The molecule has 1 rings (SSSR count). The highest BCUT2D eigenvalue weighted by molar-refractivity contribution is 5.85. The largest absolute Gasteiger partial charge is 0.491 e. The quantitative estimate of drug-likeness (QED) is 0.812. The summed E-state index contributed by atoms with van der Waals surface area (Å²) >= 11 is 0. The summed E-state index contributed by atoms with van der Waals surface area (Å²) in [6.07, 6.45) is 1.30. The molecule has 0 saturated carbocycles. The van der Waals surface area contributed by atoms with Gasteiger partial charge in [-0.05, 0) is 44.9 Å². The van der Waals surface area contributed by atoms with E-state index in [1.54, 1.807) is 0 Å². The summed E-state index contributed by atoms with van der Waals surface area (Å²) in [4.78, 5) is 11.7. The molecule has 1 atom stereocenters. The molecule has 4 nitrogen and oxygen atoms in total. The van der Waals surface area contributed by atoms with Crippen LogP contribution in [0.2, 0.25) is 0 Å². The smallest absolute Gasteiger partial charge is 0.224 e. The molecule has 0 heterocycles. The van der Waals surface area contributed by atoms with Crippen LogP contribution in [0.3, 0.4) is 0 Å². The lowest BCUT2D eigenvalue weighted by Gasteiger charge is -2.11. The Balaban J connectivity index is 0.00000361. The molecule has 0 bridgehead atoms. The number of amides is 1. The van der Waals surface area contributed by atoms with E-state index in [-0.39, 0.29) is 30.5 Å². The lowest BCUT2D eigenvalue weighted by Crippen LogP contribution is -2.30. The van der Waals surface area contributed by atoms with Crippen LogP contribution in [0.5, 0.6) is 5.75 Å². The Morgan fingerprint density at radius 2 is 2.05 bits per heavy atom. The number of rotatable bonds is 7. The topological polar surface area (TPSA) is 64.3 Å². The summed E-state index contributed by atoms with van der Waals surface area (Å²) in [5.41, 5.74) is 6.58. The summed E-state index contributed by atoms with van der Waals surface area (Å²) in [6.45, 7) is 6.51. The van der Waals surface area contributed by atoms with Crippen LogP contribution in [0.1, 0.15) is 32.8 Å². The Hall–Kier alpha value is -1.26. The molecule has 1 aromatic rings. The van der Waals surface area contributed by atoms with Gasteiger partial charge in [0.2, 0.25) is 5.91 Å². The van der Waals surface area contributed by atoms with Crippen molar-refractivity contribution in [2.45, 2.75) is 45.8 Å². The molecule has 3 N–H and O–H groups in total. The van der Waals surface area contributed by atoms with Crippen molar-refractivity contribution in [1.29, 1.82) is 0 Å². The second-order valence-corrected chi connectivity index (χ2v) is 5.11. The van der Waals surface area contributed by atoms with Gasteiger partial charge in [-0.1, -0.05) is 12.1 Å². The molecule has 0 saturated heterocycles. The Kier molecular flexibility index (Phi) is 9.01. The van der Waals surface area contributed by atoms with Gasteiger partial charge >= 0.3 is 0 Å². The van der Waals surface area contributed by atoms with Gasteiger partial charge in [-0.25, -0.2) is 0 Å². The van der Waals surface area contributed by atoms with Gasteiger partial charge in [-0.2, -0.15) is 0 Å². The molecular weight excluding hydrogens is 276 g/mol. The molecule has 0 fully saturated rings. The van der Waals surface area contributed by atoms with Gasteiger partial charge in [-0.3, -0.25) is 4.79 Å². The Morgan fingerprint density at radius 1 is 1.35 bits per heavy atom. The highest BCUT2D eigenvalue weighted by atomic mass is 35.5. The number of hydrogen-bond donors (Lipinski definition) is 2. The van der Waals surface area contributed by atoms with E-state index in [1.165, 1.54) is 0 Å². The first kappa shape index (κ1) is 18.7. The number of halogens is 1. The van der Waals surface area contributed by atoms with E-state index in [2.05, 4.69) is 5.32 Å². The number of nitrogens with one attached hydrogen (secondary N) is 1. The van der Waals surface area contributed by atoms with Crippen molar-refractivity contribution in [3.63, 3.8) is 0 Å². The van der Waals surface area contributed by atoms with Crippen LogP contribution in [0, 0.1) is 0 Å². The van der Waals surface area contributed by atoms with Crippen molar-refractivity contribution < 1.29 is 9.53 Å². The van der Waals surface area contributed by atoms with E-state index in [4.69, 9.17) is 10.5 Å². The van der Waals surface area contributed by atoms with Gasteiger partial charge < -0.3 is 15.8 Å². The van der Waals surface area contributed by atoms with E-state index in [0.717, 1.165) is 17.7 Å². The van der Waals surface area contributed by atoms with Crippen molar-refractivity contribution in [2.24, 2.45) is 5.73 Å². The molecule has 0 radical (unpaired) electrons. The van der Waals surface area contributed by atoms with Gasteiger partial charge in [0.25, 0.3) is 0 Å². The third-order valence-corrected chi connectivity index (χ3v) is 2.56. The van der Waals surface area contributed by atoms with Crippen LogP contribution in [0.4, 0.5) is 0 Å². The van der Waals surface area contributed by atoms with Crippen LogP contribution in [-0.4, -0.2) is 24.6 Å². The normalized spacial score (nSPS) is 11.7. The summed E-state index contributed by atoms with van der Waals surface area (Å²) in [7, 11) is 0. The van der Waals surface area contributed by atoms with Crippen LogP contribution < -0.4 is 15.8 Å². The van der Waals surface area contributed by atoms with Gasteiger partial charge in [0.15, 0.2) is 0 Å².